The van der Waals surface area contributed by atoms with E-state index in [1.165, 1.54) is 10.9 Å². The largest absolute Gasteiger partial charge is 0.241 e. The van der Waals surface area contributed by atoms with Gasteiger partial charge in [0.1, 0.15) is 0 Å². The van der Waals surface area contributed by atoms with Gasteiger partial charge < -0.3 is 0 Å². The second-order valence-electron chi connectivity index (χ2n) is 3.64. The molecule has 3 heteroatoms. The van der Waals surface area contributed by atoms with Crippen molar-refractivity contribution in [2.45, 2.75) is 17.9 Å². The van der Waals surface area contributed by atoms with E-state index in [-0.39, 0.29) is 0 Å². The molecule has 2 rings (SSSR count). The summed E-state index contributed by atoms with van der Waals surface area (Å²) >= 11 is 7.44. The van der Waals surface area contributed by atoms with Gasteiger partial charge in [0.2, 0.25) is 0 Å². The van der Waals surface area contributed by atoms with E-state index in [9.17, 15) is 0 Å². The molecule has 1 aromatic carbocycles. The zero-order chi connectivity index (χ0) is 11.4. The van der Waals surface area contributed by atoms with Crippen molar-refractivity contribution in [2.75, 3.05) is 12.1 Å². The van der Waals surface area contributed by atoms with E-state index in [1.54, 1.807) is 11.8 Å². The number of aryl methyl sites for hydroxylation is 1. The second kappa shape index (κ2) is 5.55. The number of thioether (sulfide) groups is 1. The van der Waals surface area contributed by atoms with Crippen LogP contribution in [-0.2, 0) is 6.42 Å². The Morgan fingerprint density at radius 2 is 2.12 bits per heavy atom. The highest BCUT2D eigenvalue weighted by Gasteiger charge is 2.05. The molecule has 1 aromatic heterocycles. The van der Waals surface area contributed by atoms with Crippen LogP contribution in [0.4, 0.5) is 0 Å². The van der Waals surface area contributed by atoms with Gasteiger partial charge in [0.05, 0.1) is 10.5 Å². The Morgan fingerprint density at radius 1 is 1.31 bits per heavy atom. The number of hydrogen-bond donors (Lipinski definition) is 0. The lowest BCUT2D eigenvalue weighted by Gasteiger charge is -2.07. The standard InChI is InChI=1S/C13H14ClNS/c1-16-13-11(6-4-8-14)9-10-5-2-3-7-12(10)15-13/h2-3,5,7,9H,4,6,8H2,1H3. The van der Waals surface area contributed by atoms with E-state index in [1.807, 2.05) is 12.1 Å². The number of nitrogens with zero attached hydrogens (tertiary/aromatic N) is 1. The molecule has 0 bridgehead atoms. The minimum absolute atomic E-state index is 0.709. The summed E-state index contributed by atoms with van der Waals surface area (Å²) in [6.07, 6.45) is 4.09. The Balaban J connectivity index is 2.45. The van der Waals surface area contributed by atoms with Crippen molar-refractivity contribution in [1.29, 1.82) is 0 Å². The summed E-state index contributed by atoms with van der Waals surface area (Å²) in [5.74, 6) is 0.709. The van der Waals surface area contributed by atoms with Crippen LogP contribution in [0, 0.1) is 0 Å². The molecule has 1 nitrogen and oxygen atoms in total. The number of pyridine rings is 1. The van der Waals surface area contributed by atoms with Gasteiger partial charge in [-0.1, -0.05) is 18.2 Å². The maximum absolute atomic E-state index is 5.74. The molecule has 0 amide bonds. The van der Waals surface area contributed by atoms with Crippen LogP contribution in [0.5, 0.6) is 0 Å². The molecule has 0 aliphatic rings. The zero-order valence-corrected chi connectivity index (χ0v) is 10.8. The normalized spacial score (nSPS) is 10.9. The molecular weight excluding hydrogens is 238 g/mol. The van der Waals surface area contributed by atoms with Gasteiger partial charge in [-0.3, -0.25) is 0 Å². The fourth-order valence-electron chi connectivity index (χ4n) is 1.76. The van der Waals surface area contributed by atoms with Crippen LogP contribution in [0.3, 0.4) is 0 Å². The molecule has 0 spiro atoms. The molecule has 16 heavy (non-hydrogen) atoms. The van der Waals surface area contributed by atoms with E-state index in [0.29, 0.717) is 5.88 Å². The zero-order valence-electron chi connectivity index (χ0n) is 9.24. The Bertz CT molecular complexity index is 484. The summed E-state index contributed by atoms with van der Waals surface area (Å²) in [6.45, 7) is 0. The maximum atomic E-state index is 5.74. The summed E-state index contributed by atoms with van der Waals surface area (Å²) < 4.78 is 0. The van der Waals surface area contributed by atoms with Gasteiger partial charge in [0, 0.05) is 11.3 Å². The molecule has 1 heterocycles. The minimum atomic E-state index is 0.709. The van der Waals surface area contributed by atoms with Gasteiger partial charge in [-0.2, -0.15) is 0 Å². The molecule has 0 aliphatic carbocycles. The average Bonchev–Trinajstić information content (AvgIpc) is 2.35. The van der Waals surface area contributed by atoms with Crippen LogP contribution in [0.15, 0.2) is 35.4 Å². The molecule has 84 valence electrons. The third-order valence-corrected chi connectivity index (χ3v) is 3.54. The number of alkyl halides is 1. The molecule has 2 aromatic rings. The highest BCUT2D eigenvalue weighted by molar-refractivity contribution is 7.98. The fourth-order valence-corrected chi connectivity index (χ4v) is 2.50. The topological polar surface area (TPSA) is 12.9 Å². The van der Waals surface area contributed by atoms with Crippen LogP contribution in [0.25, 0.3) is 10.9 Å². The predicted molar refractivity (Wildman–Crippen MR) is 72.6 cm³/mol. The van der Waals surface area contributed by atoms with Crippen molar-refractivity contribution >= 4 is 34.3 Å². The summed E-state index contributed by atoms with van der Waals surface area (Å²) in [6, 6.07) is 10.5. The smallest absolute Gasteiger partial charge is 0.0996 e. The SMILES string of the molecule is CSc1nc2ccccc2cc1CCCCl. The van der Waals surface area contributed by atoms with Gasteiger partial charge >= 0.3 is 0 Å². The number of aromatic nitrogens is 1. The Morgan fingerprint density at radius 3 is 2.88 bits per heavy atom. The lowest BCUT2D eigenvalue weighted by atomic mass is 10.1. The summed E-state index contributed by atoms with van der Waals surface area (Å²) in [5, 5.41) is 2.34. The van der Waals surface area contributed by atoms with Crippen molar-refractivity contribution < 1.29 is 0 Å². The first-order chi connectivity index (χ1) is 7.85. The molecule has 0 fully saturated rings. The highest BCUT2D eigenvalue weighted by atomic mass is 35.5. The van der Waals surface area contributed by atoms with E-state index >= 15 is 0 Å². The first-order valence-electron chi connectivity index (χ1n) is 5.34. The molecule has 0 aliphatic heterocycles. The number of para-hydroxylation sites is 1. The van der Waals surface area contributed by atoms with Crippen LogP contribution in [0.1, 0.15) is 12.0 Å². The fraction of sp³-hybridized carbons (Fsp3) is 0.308. The van der Waals surface area contributed by atoms with Crippen LogP contribution in [-0.4, -0.2) is 17.1 Å². The summed E-state index contributed by atoms with van der Waals surface area (Å²) in [4.78, 5) is 4.67. The van der Waals surface area contributed by atoms with Gasteiger partial charge in [0.15, 0.2) is 0 Å². The van der Waals surface area contributed by atoms with E-state index in [0.717, 1.165) is 23.4 Å². The van der Waals surface area contributed by atoms with Crippen molar-refractivity contribution in [1.82, 2.24) is 4.98 Å². The third-order valence-electron chi connectivity index (χ3n) is 2.54. The first-order valence-corrected chi connectivity index (χ1v) is 7.09. The van der Waals surface area contributed by atoms with Crippen LogP contribution < -0.4 is 0 Å². The number of rotatable bonds is 4. The van der Waals surface area contributed by atoms with E-state index < -0.39 is 0 Å². The number of fused-ring (bicyclic) bond motifs is 1. The van der Waals surface area contributed by atoms with E-state index in [4.69, 9.17) is 11.6 Å². The van der Waals surface area contributed by atoms with Gasteiger partial charge in [-0.15, -0.1) is 23.4 Å². The molecule has 0 saturated heterocycles. The van der Waals surface area contributed by atoms with Crippen molar-refractivity contribution in [2.24, 2.45) is 0 Å². The molecule has 0 N–H and O–H groups in total. The van der Waals surface area contributed by atoms with Crippen molar-refractivity contribution in [3.63, 3.8) is 0 Å². The minimum Gasteiger partial charge on any atom is -0.241 e. The summed E-state index contributed by atoms with van der Waals surface area (Å²) in [5.41, 5.74) is 2.38. The Hall–Kier alpha value is -0.730. The first kappa shape index (κ1) is 11.7. The maximum Gasteiger partial charge on any atom is 0.0996 e. The summed E-state index contributed by atoms with van der Waals surface area (Å²) in [7, 11) is 0. The van der Waals surface area contributed by atoms with Gasteiger partial charge in [0.25, 0.3) is 0 Å². The molecule has 0 saturated carbocycles. The quantitative estimate of drug-likeness (QED) is 0.599. The monoisotopic (exact) mass is 251 g/mol. The van der Waals surface area contributed by atoms with Gasteiger partial charge in [-0.25, -0.2) is 4.98 Å². The molecule has 0 atom stereocenters. The average molecular weight is 252 g/mol. The van der Waals surface area contributed by atoms with Crippen LogP contribution >= 0.6 is 23.4 Å². The van der Waals surface area contributed by atoms with Crippen molar-refractivity contribution in [3.05, 3.63) is 35.9 Å². The number of benzene rings is 1. The molecule has 0 unspecified atom stereocenters. The van der Waals surface area contributed by atoms with E-state index in [2.05, 4.69) is 29.4 Å². The number of hydrogen-bond acceptors (Lipinski definition) is 2. The molecule has 0 radical (unpaired) electrons. The Labute approximate surface area is 105 Å². The van der Waals surface area contributed by atoms with Crippen LogP contribution in [0.2, 0.25) is 0 Å². The lowest BCUT2D eigenvalue weighted by Crippen LogP contribution is -1.93. The van der Waals surface area contributed by atoms with Gasteiger partial charge in [-0.05, 0) is 36.8 Å². The Kier molecular flexibility index (Phi) is 4.08. The second-order valence-corrected chi connectivity index (χ2v) is 4.81. The molecular formula is C13H14ClNS. The number of halogens is 1. The predicted octanol–water partition coefficient (Wildman–Crippen LogP) is 4.13. The lowest BCUT2D eigenvalue weighted by molar-refractivity contribution is 0.889. The van der Waals surface area contributed by atoms with Crippen molar-refractivity contribution in [3.8, 4) is 0 Å². The third kappa shape index (κ3) is 2.50. The highest BCUT2D eigenvalue weighted by Crippen LogP contribution is 2.24.